The quantitative estimate of drug-likeness (QED) is 0.556. The van der Waals surface area contributed by atoms with Crippen LogP contribution < -0.4 is 13.8 Å². The lowest BCUT2D eigenvalue weighted by Crippen LogP contribution is -2.30. The van der Waals surface area contributed by atoms with Crippen LogP contribution in [0.25, 0.3) is 0 Å². The third-order valence-electron chi connectivity index (χ3n) is 4.19. The van der Waals surface area contributed by atoms with Gasteiger partial charge < -0.3 is 9.47 Å². The van der Waals surface area contributed by atoms with E-state index in [9.17, 15) is 8.42 Å². The van der Waals surface area contributed by atoms with E-state index < -0.39 is 10.0 Å². The highest BCUT2D eigenvalue weighted by molar-refractivity contribution is 7.92. The van der Waals surface area contributed by atoms with Gasteiger partial charge in [0.1, 0.15) is 11.5 Å². The van der Waals surface area contributed by atoms with Crippen molar-refractivity contribution in [1.29, 1.82) is 0 Å². The molecule has 0 aliphatic rings. The van der Waals surface area contributed by atoms with Crippen molar-refractivity contribution >= 4 is 27.3 Å². The third kappa shape index (κ3) is 4.40. The van der Waals surface area contributed by atoms with Gasteiger partial charge >= 0.3 is 0 Å². The summed E-state index contributed by atoms with van der Waals surface area (Å²) in [7, 11) is -0.780. The molecule has 0 aromatic heterocycles. The second-order valence-corrected chi connectivity index (χ2v) is 8.32. The molecule has 3 aromatic carbocycles. The Kier molecular flexibility index (Phi) is 6.11. The van der Waals surface area contributed by atoms with Crippen molar-refractivity contribution in [2.24, 2.45) is 0 Å². The van der Waals surface area contributed by atoms with Gasteiger partial charge in [0.05, 0.1) is 31.3 Å². The maximum Gasteiger partial charge on any atom is 0.264 e. The lowest BCUT2D eigenvalue weighted by Gasteiger charge is -2.25. The maximum absolute atomic E-state index is 13.4. The highest BCUT2D eigenvalue weighted by atomic mass is 35.5. The van der Waals surface area contributed by atoms with Gasteiger partial charge in [-0.25, -0.2) is 8.42 Å². The summed E-state index contributed by atoms with van der Waals surface area (Å²) in [5.74, 6) is 0.998. The molecule has 0 atom stereocenters. The maximum atomic E-state index is 13.4. The first-order valence-electron chi connectivity index (χ1n) is 8.49. The van der Waals surface area contributed by atoms with Crippen molar-refractivity contribution in [3.63, 3.8) is 0 Å². The summed E-state index contributed by atoms with van der Waals surface area (Å²) in [5, 5.41) is 0.587. The Morgan fingerprint density at radius 1 is 0.857 bits per heavy atom. The number of halogens is 1. The Hall–Kier alpha value is -2.70. The molecule has 0 N–H and O–H groups in total. The van der Waals surface area contributed by atoms with E-state index in [2.05, 4.69) is 0 Å². The first-order valence-corrected chi connectivity index (χ1v) is 10.3. The van der Waals surface area contributed by atoms with Crippen LogP contribution in [0.15, 0.2) is 77.7 Å². The van der Waals surface area contributed by atoms with Crippen molar-refractivity contribution in [2.45, 2.75) is 11.4 Å². The predicted molar refractivity (Wildman–Crippen MR) is 111 cm³/mol. The Bertz CT molecular complexity index is 1020. The minimum Gasteiger partial charge on any atom is -0.497 e. The zero-order chi connectivity index (χ0) is 20.1. The van der Waals surface area contributed by atoms with Gasteiger partial charge in [-0.1, -0.05) is 41.9 Å². The molecule has 0 saturated heterocycles. The Balaban J connectivity index is 2.13. The van der Waals surface area contributed by atoms with E-state index in [1.807, 2.05) is 0 Å². The zero-order valence-electron chi connectivity index (χ0n) is 15.5. The normalized spacial score (nSPS) is 11.1. The number of methoxy groups -OCH3 is 2. The minimum absolute atomic E-state index is 0.130. The largest absolute Gasteiger partial charge is 0.497 e. The van der Waals surface area contributed by atoms with Crippen LogP contribution in [0.5, 0.6) is 11.5 Å². The van der Waals surface area contributed by atoms with Crippen molar-refractivity contribution in [3.05, 3.63) is 83.4 Å². The topological polar surface area (TPSA) is 55.8 Å². The summed E-state index contributed by atoms with van der Waals surface area (Å²) in [6.07, 6.45) is 0. The molecule has 0 radical (unpaired) electrons. The second kappa shape index (κ2) is 8.54. The average Bonchev–Trinajstić information content (AvgIpc) is 2.73. The highest BCUT2D eigenvalue weighted by Gasteiger charge is 2.26. The number of benzene rings is 3. The van der Waals surface area contributed by atoms with Crippen molar-refractivity contribution in [2.75, 3.05) is 18.5 Å². The molecular formula is C21H20ClNO4S. The van der Waals surface area contributed by atoms with E-state index in [0.29, 0.717) is 22.2 Å². The monoisotopic (exact) mass is 417 g/mol. The fraction of sp³-hybridized carbons (Fsp3) is 0.143. The van der Waals surface area contributed by atoms with Gasteiger partial charge in [-0.2, -0.15) is 0 Å². The number of hydrogen-bond donors (Lipinski definition) is 0. The summed E-state index contributed by atoms with van der Waals surface area (Å²) in [6.45, 7) is 0.130. The van der Waals surface area contributed by atoms with Crippen LogP contribution in [0.4, 0.5) is 5.69 Å². The predicted octanol–water partition coefficient (Wildman–Crippen LogP) is 4.75. The molecule has 0 unspecified atom stereocenters. The zero-order valence-corrected chi connectivity index (χ0v) is 17.1. The van der Waals surface area contributed by atoms with Crippen molar-refractivity contribution < 1.29 is 17.9 Å². The lowest BCUT2D eigenvalue weighted by molar-refractivity contribution is 0.394. The van der Waals surface area contributed by atoms with Crippen LogP contribution in [0, 0.1) is 0 Å². The van der Waals surface area contributed by atoms with E-state index in [1.165, 1.54) is 18.5 Å². The summed E-state index contributed by atoms with van der Waals surface area (Å²) in [4.78, 5) is 0.200. The second-order valence-electron chi connectivity index (χ2n) is 6.02. The molecule has 0 heterocycles. The van der Waals surface area contributed by atoms with Gasteiger partial charge in [-0.05, 0) is 29.8 Å². The molecule has 7 heteroatoms. The summed E-state index contributed by atoms with van der Waals surface area (Å²) in [5.41, 5.74) is 1.24. The molecule has 0 amide bonds. The number of hydrogen-bond acceptors (Lipinski definition) is 4. The van der Waals surface area contributed by atoms with Crippen LogP contribution >= 0.6 is 11.6 Å². The molecule has 0 aliphatic heterocycles. The molecule has 3 aromatic rings. The first kappa shape index (κ1) is 20.0. The van der Waals surface area contributed by atoms with Gasteiger partial charge in [0.2, 0.25) is 0 Å². The molecule has 28 heavy (non-hydrogen) atoms. The van der Waals surface area contributed by atoms with Crippen molar-refractivity contribution in [1.82, 2.24) is 0 Å². The smallest absolute Gasteiger partial charge is 0.264 e. The number of anilines is 1. The van der Waals surface area contributed by atoms with Crippen LogP contribution in [0.2, 0.25) is 5.02 Å². The van der Waals surface area contributed by atoms with Gasteiger partial charge in [0.25, 0.3) is 10.0 Å². The number of nitrogens with zero attached hydrogens (tertiary/aromatic N) is 1. The van der Waals surface area contributed by atoms with Gasteiger partial charge in [-0.3, -0.25) is 4.31 Å². The summed E-state index contributed by atoms with van der Waals surface area (Å²) < 4.78 is 38.8. The van der Waals surface area contributed by atoms with Gasteiger partial charge in [0.15, 0.2) is 0 Å². The molecule has 0 fully saturated rings. The van der Waals surface area contributed by atoms with E-state index in [4.69, 9.17) is 21.1 Å². The average molecular weight is 418 g/mol. The lowest BCUT2D eigenvalue weighted by atomic mass is 10.2. The minimum atomic E-state index is -3.82. The molecule has 0 saturated carbocycles. The van der Waals surface area contributed by atoms with Crippen molar-refractivity contribution in [3.8, 4) is 11.5 Å². The van der Waals surface area contributed by atoms with E-state index in [-0.39, 0.29) is 11.4 Å². The highest BCUT2D eigenvalue weighted by Crippen LogP contribution is 2.33. The number of ether oxygens (including phenoxy) is 2. The SMILES string of the molecule is COc1cc(OC)cc(N(Cc2ccc(Cl)cc2)S(=O)(=O)c2ccccc2)c1. The first-order chi connectivity index (χ1) is 13.4. The van der Waals surface area contributed by atoms with Gasteiger partial charge in [-0.15, -0.1) is 0 Å². The Labute approximate surface area is 170 Å². The summed E-state index contributed by atoms with van der Waals surface area (Å²) >= 11 is 5.97. The number of sulfonamides is 1. The Morgan fingerprint density at radius 3 is 1.96 bits per heavy atom. The fourth-order valence-corrected chi connectivity index (χ4v) is 4.31. The molecule has 0 spiro atoms. The molecular weight excluding hydrogens is 398 g/mol. The molecule has 3 rings (SSSR count). The van der Waals surface area contributed by atoms with E-state index >= 15 is 0 Å². The molecule has 5 nitrogen and oxygen atoms in total. The molecule has 0 bridgehead atoms. The molecule has 146 valence electrons. The fourth-order valence-electron chi connectivity index (χ4n) is 2.73. The third-order valence-corrected chi connectivity index (χ3v) is 6.23. The van der Waals surface area contributed by atoms with Gasteiger partial charge in [0, 0.05) is 23.2 Å². The van der Waals surface area contributed by atoms with Crippen LogP contribution in [0.3, 0.4) is 0 Å². The Morgan fingerprint density at radius 2 is 1.43 bits per heavy atom. The standard InChI is InChI=1S/C21H20ClNO4S/c1-26-19-12-18(13-20(14-19)27-2)23(15-16-8-10-17(22)11-9-16)28(24,25)21-6-4-3-5-7-21/h3-14H,15H2,1-2H3. The van der Waals surface area contributed by atoms with Crippen LogP contribution in [-0.2, 0) is 16.6 Å². The van der Waals surface area contributed by atoms with E-state index in [1.54, 1.807) is 72.8 Å². The summed E-state index contributed by atoms with van der Waals surface area (Å²) in [6, 6.07) is 20.4. The molecule has 0 aliphatic carbocycles. The number of rotatable bonds is 7. The van der Waals surface area contributed by atoms with Crippen LogP contribution in [-0.4, -0.2) is 22.6 Å². The van der Waals surface area contributed by atoms with E-state index in [0.717, 1.165) is 5.56 Å². The van der Waals surface area contributed by atoms with Crippen LogP contribution in [0.1, 0.15) is 5.56 Å².